The topological polar surface area (TPSA) is 92.0 Å². The van der Waals surface area contributed by atoms with Crippen LogP contribution in [-0.4, -0.2) is 21.0 Å². The Bertz CT molecular complexity index is 408. The molecule has 5 heteroatoms. The molecule has 1 fully saturated rings. The quantitative estimate of drug-likeness (QED) is 0.745. The van der Waals surface area contributed by atoms with Crippen molar-refractivity contribution in [3.8, 4) is 0 Å². The average molecular weight is 237 g/mol. The van der Waals surface area contributed by atoms with Crippen LogP contribution in [0.25, 0.3) is 0 Å². The first-order valence-electron chi connectivity index (χ1n) is 6.11. The van der Waals surface area contributed by atoms with E-state index in [4.69, 9.17) is 10.8 Å². The van der Waals surface area contributed by atoms with Crippen LogP contribution in [0.5, 0.6) is 0 Å². The maximum Gasteiger partial charge on any atom is 0.305 e. The van der Waals surface area contributed by atoms with Crippen molar-refractivity contribution < 1.29 is 9.90 Å². The van der Waals surface area contributed by atoms with Gasteiger partial charge in [0.2, 0.25) is 0 Å². The minimum Gasteiger partial charge on any atom is -0.481 e. The molecule has 0 bridgehead atoms. The predicted molar refractivity (Wildman–Crippen MR) is 63.7 cm³/mol. The van der Waals surface area contributed by atoms with Crippen molar-refractivity contribution >= 4 is 5.97 Å². The van der Waals surface area contributed by atoms with Gasteiger partial charge in [0.05, 0.1) is 18.2 Å². The SMILES string of the molecule is Cc1[nH]c(C(N)CC(=O)O)nc1C1CCCC1. The Hall–Kier alpha value is -1.36. The number of carboxylic acid groups (broad SMARTS) is 1. The molecular formula is C12H19N3O2. The molecular weight excluding hydrogens is 218 g/mol. The molecule has 0 spiro atoms. The summed E-state index contributed by atoms with van der Waals surface area (Å²) >= 11 is 0. The molecule has 1 unspecified atom stereocenters. The van der Waals surface area contributed by atoms with Crippen LogP contribution in [0.1, 0.15) is 61.3 Å². The molecule has 1 heterocycles. The Morgan fingerprint density at radius 3 is 2.82 bits per heavy atom. The van der Waals surface area contributed by atoms with Gasteiger partial charge in [-0.15, -0.1) is 0 Å². The molecule has 94 valence electrons. The van der Waals surface area contributed by atoms with Crippen LogP contribution in [0.2, 0.25) is 0 Å². The molecule has 0 radical (unpaired) electrons. The molecule has 1 aliphatic carbocycles. The normalized spacial score (nSPS) is 18.5. The Balaban J connectivity index is 2.14. The molecule has 1 saturated carbocycles. The smallest absolute Gasteiger partial charge is 0.305 e. The molecule has 1 atom stereocenters. The number of nitrogens with two attached hydrogens (primary N) is 1. The van der Waals surface area contributed by atoms with Gasteiger partial charge in [0.25, 0.3) is 0 Å². The summed E-state index contributed by atoms with van der Waals surface area (Å²) in [5.41, 5.74) is 7.92. The van der Waals surface area contributed by atoms with Crippen molar-refractivity contribution in [2.45, 2.75) is 51.0 Å². The van der Waals surface area contributed by atoms with E-state index in [1.165, 1.54) is 25.7 Å². The number of rotatable bonds is 4. The van der Waals surface area contributed by atoms with E-state index in [1.807, 2.05) is 6.92 Å². The van der Waals surface area contributed by atoms with Gasteiger partial charge in [0.15, 0.2) is 0 Å². The van der Waals surface area contributed by atoms with Crippen molar-refractivity contribution in [1.29, 1.82) is 0 Å². The first kappa shape index (κ1) is 12.1. The summed E-state index contributed by atoms with van der Waals surface area (Å²) in [4.78, 5) is 18.2. The van der Waals surface area contributed by atoms with Crippen LogP contribution in [-0.2, 0) is 4.79 Å². The lowest BCUT2D eigenvalue weighted by Gasteiger charge is -2.06. The minimum absolute atomic E-state index is 0.0863. The fourth-order valence-electron chi connectivity index (χ4n) is 2.55. The highest BCUT2D eigenvalue weighted by atomic mass is 16.4. The second-order valence-electron chi connectivity index (χ2n) is 4.82. The Morgan fingerprint density at radius 1 is 1.59 bits per heavy atom. The molecule has 2 rings (SSSR count). The summed E-state index contributed by atoms with van der Waals surface area (Å²) < 4.78 is 0. The van der Waals surface area contributed by atoms with Gasteiger partial charge < -0.3 is 15.8 Å². The van der Waals surface area contributed by atoms with E-state index in [1.54, 1.807) is 0 Å². The van der Waals surface area contributed by atoms with Gasteiger partial charge in [-0.05, 0) is 19.8 Å². The van der Waals surface area contributed by atoms with Crippen molar-refractivity contribution in [2.24, 2.45) is 5.73 Å². The van der Waals surface area contributed by atoms with Crippen LogP contribution >= 0.6 is 0 Å². The van der Waals surface area contributed by atoms with Crippen LogP contribution in [0.4, 0.5) is 0 Å². The molecule has 1 aromatic heterocycles. The molecule has 1 aliphatic rings. The number of H-pyrrole nitrogens is 1. The standard InChI is InChI=1S/C12H19N3O2/c1-7-11(8-4-2-3-5-8)15-12(14-7)9(13)6-10(16)17/h8-9H,2-6,13H2,1H3,(H,14,15)(H,16,17). The zero-order valence-electron chi connectivity index (χ0n) is 10.1. The Morgan fingerprint density at radius 2 is 2.24 bits per heavy atom. The van der Waals surface area contributed by atoms with Crippen molar-refractivity contribution in [3.05, 3.63) is 17.2 Å². The summed E-state index contributed by atoms with van der Waals surface area (Å²) in [6, 6.07) is -0.540. The number of aromatic nitrogens is 2. The molecule has 4 N–H and O–H groups in total. The van der Waals surface area contributed by atoms with Crippen molar-refractivity contribution in [1.82, 2.24) is 9.97 Å². The van der Waals surface area contributed by atoms with Crippen LogP contribution in [0.15, 0.2) is 0 Å². The lowest BCUT2D eigenvalue weighted by Crippen LogP contribution is -2.16. The third-order valence-electron chi connectivity index (χ3n) is 3.43. The second kappa shape index (κ2) is 4.87. The highest BCUT2D eigenvalue weighted by molar-refractivity contribution is 5.67. The number of imidazole rings is 1. The first-order chi connectivity index (χ1) is 8.08. The van der Waals surface area contributed by atoms with Gasteiger partial charge in [0.1, 0.15) is 5.82 Å². The van der Waals surface area contributed by atoms with E-state index in [-0.39, 0.29) is 6.42 Å². The molecule has 0 amide bonds. The number of hydrogen-bond donors (Lipinski definition) is 3. The van der Waals surface area contributed by atoms with Crippen LogP contribution < -0.4 is 5.73 Å². The summed E-state index contributed by atoms with van der Waals surface area (Å²) in [6.07, 6.45) is 4.79. The second-order valence-corrected chi connectivity index (χ2v) is 4.82. The van der Waals surface area contributed by atoms with Crippen LogP contribution in [0.3, 0.4) is 0 Å². The third kappa shape index (κ3) is 2.66. The highest BCUT2D eigenvalue weighted by Gasteiger charge is 2.23. The number of nitrogens with zero attached hydrogens (tertiary/aromatic N) is 1. The largest absolute Gasteiger partial charge is 0.481 e. The van der Waals surface area contributed by atoms with Gasteiger partial charge in [-0.1, -0.05) is 12.8 Å². The van der Waals surface area contributed by atoms with Gasteiger partial charge in [-0.25, -0.2) is 4.98 Å². The molecule has 5 nitrogen and oxygen atoms in total. The number of carbonyl (C=O) groups is 1. The zero-order valence-corrected chi connectivity index (χ0v) is 10.1. The van der Waals surface area contributed by atoms with Gasteiger partial charge >= 0.3 is 5.97 Å². The first-order valence-corrected chi connectivity index (χ1v) is 6.11. The summed E-state index contributed by atoms with van der Waals surface area (Å²) in [5, 5.41) is 8.71. The number of aliphatic carboxylic acids is 1. The summed E-state index contributed by atoms with van der Waals surface area (Å²) in [6.45, 7) is 1.98. The molecule has 17 heavy (non-hydrogen) atoms. The van der Waals surface area contributed by atoms with E-state index >= 15 is 0 Å². The fourth-order valence-corrected chi connectivity index (χ4v) is 2.55. The van der Waals surface area contributed by atoms with Gasteiger partial charge in [0, 0.05) is 11.6 Å². The van der Waals surface area contributed by atoms with Gasteiger partial charge in [-0.2, -0.15) is 0 Å². The number of aryl methyl sites for hydroxylation is 1. The fraction of sp³-hybridized carbons (Fsp3) is 0.667. The predicted octanol–water partition coefficient (Wildman–Crippen LogP) is 1.85. The lowest BCUT2D eigenvalue weighted by molar-refractivity contribution is -0.137. The molecule has 0 saturated heterocycles. The number of aromatic amines is 1. The number of carboxylic acids is 1. The van der Waals surface area contributed by atoms with Crippen molar-refractivity contribution in [3.63, 3.8) is 0 Å². The van der Waals surface area contributed by atoms with Crippen molar-refractivity contribution in [2.75, 3.05) is 0 Å². The van der Waals surface area contributed by atoms with E-state index in [0.717, 1.165) is 11.4 Å². The maximum atomic E-state index is 10.6. The van der Waals surface area contributed by atoms with Crippen LogP contribution in [0, 0.1) is 6.92 Å². The Kier molecular flexibility index (Phi) is 3.47. The van der Waals surface area contributed by atoms with E-state index < -0.39 is 12.0 Å². The van der Waals surface area contributed by atoms with E-state index in [0.29, 0.717) is 11.7 Å². The highest BCUT2D eigenvalue weighted by Crippen LogP contribution is 2.35. The lowest BCUT2D eigenvalue weighted by atomic mass is 10.0. The van der Waals surface area contributed by atoms with E-state index in [2.05, 4.69) is 9.97 Å². The molecule has 0 aromatic carbocycles. The maximum absolute atomic E-state index is 10.6. The molecule has 1 aromatic rings. The Labute approximate surface area is 100 Å². The van der Waals surface area contributed by atoms with Gasteiger partial charge in [-0.3, -0.25) is 4.79 Å². The van der Waals surface area contributed by atoms with E-state index in [9.17, 15) is 4.79 Å². The summed E-state index contributed by atoms with van der Waals surface area (Å²) in [7, 11) is 0. The molecule has 0 aliphatic heterocycles. The number of hydrogen-bond acceptors (Lipinski definition) is 3. The zero-order chi connectivity index (χ0) is 12.4. The third-order valence-corrected chi connectivity index (χ3v) is 3.43. The minimum atomic E-state index is -0.894. The summed E-state index contributed by atoms with van der Waals surface area (Å²) in [5.74, 6) is 0.234. The monoisotopic (exact) mass is 237 g/mol. The average Bonchev–Trinajstić information content (AvgIpc) is 2.84. The number of nitrogens with one attached hydrogen (secondary N) is 1.